The third kappa shape index (κ3) is 1.02. The van der Waals surface area contributed by atoms with Crippen LogP contribution in [0, 0.1) is 0 Å². The van der Waals surface area contributed by atoms with Crippen molar-refractivity contribution >= 4 is 0 Å². The third-order valence-electron chi connectivity index (χ3n) is 1.62. The number of ether oxygens (including phenoxy) is 1. The highest BCUT2D eigenvalue weighted by Crippen LogP contribution is 2.13. The van der Waals surface area contributed by atoms with Crippen LogP contribution < -0.4 is 0 Å². The molecular formula is C6H9N3O. The Morgan fingerprint density at radius 2 is 2.70 bits per heavy atom. The van der Waals surface area contributed by atoms with E-state index in [0.717, 1.165) is 18.9 Å². The normalized spacial score (nSPS) is 23.1. The first-order valence-corrected chi connectivity index (χ1v) is 3.31. The fourth-order valence-corrected chi connectivity index (χ4v) is 0.894. The molecule has 1 aliphatic rings. The van der Waals surface area contributed by atoms with Crippen molar-refractivity contribution in [1.29, 1.82) is 0 Å². The quantitative estimate of drug-likeness (QED) is 0.531. The molecular weight excluding hydrogens is 130 g/mol. The van der Waals surface area contributed by atoms with Crippen LogP contribution in [-0.4, -0.2) is 27.5 Å². The van der Waals surface area contributed by atoms with E-state index in [-0.39, 0.29) is 0 Å². The summed E-state index contributed by atoms with van der Waals surface area (Å²) in [4.78, 5) is 4.07. The van der Waals surface area contributed by atoms with E-state index >= 15 is 0 Å². The number of hydrogen-bond donors (Lipinski definition) is 0. The first-order chi connectivity index (χ1) is 4.86. The van der Waals surface area contributed by atoms with Crippen LogP contribution in [0.4, 0.5) is 0 Å². The standard InChI is InChI=1S/C6H9N3O/c1-9-6(7-4-8-9)2-5-3-10-5/h4-5H,2-3H2,1H3. The molecule has 10 heavy (non-hydrogen) atoms. The fraction of sp³-hybridized carbons (Fsp3) is 0.667. The number of aromatic nitrogens is 3. The van der Waals surface area contributed by atoms with Gasteiger partial charge in [0.2, 0.25) is 0 Å². The van der Waals surface area contributed by atoms with Crippen LogP contribution in [0.25, 0.3) is 0 Å². The smallest absolute Gasteiger partial charge is 0.138 e. The second-order valence-corrected chi connectivity index (χ2v) is 2.46. The lowest BCUT2D eigenvalue weighted by molar-refractivity contribution is 0.401. The molecule has 0 amide bonds. The zero-order valence-corrected chi connectivity index (χ0v) is 5.82. The van der Waals surface area contributed by atoms with E-state index < -0.39 is 0 Å². The summed E-state index contributed by atoms with van der Waals surface area (Å²) in [5.41, 5.74) is 0. The molecule has 2 heterocycles. The molecule has 0 saturated carbocycles. The lowest BCUT2D eigenvalue weighted by atomic mass is 10.3. The number of nitrogens with zero attached hydrogens (tertiary/aromatic N) is 3. The van der Waals surface area contributed by atoms with E-state index in [4.69, 9.17) is 4.74 Å². The summed E-state index contributed by atoms with van der Waals surface area (Å²) in [6.45, 7) is 0.882. The number of hydrogen-bond acceptors (Lipinski definition) is 3. The van der Waals surface area contributed by atoms with E-state index in [1.165, 1.54) is 0 Å². The molecule has 4 nitrogen and oxygen atoms in total. The van der Waals surface area contributed by atoms with E-state index in [1.807, 2.05) is 7.05 Å². The maximum atomic E-state index is 5.06. The van der Waals surface area contributed by atoms with Gasteiger partial charge in [-0.05, 0) is 0 Å². The van der Waals surface area contributed by atoms with Crippen molar-refractivity contribution < 1.29 is 4.74 Å². The number of aryl methyl sites for hydroxylation is 1. The van der Waals surface area contributed by atoms with E-state index in [1.54, 1.807) is 11.0 Å². The second-order valence-electron chi connectivity index (χ2n) is 2.46. The maximum Gasteiger partial charge on any atom is 0.138 e. The van der Waals surface area contributed by atoms with Crippen LogP contribution in [-0.2, 0) is 18.2 Å². The Hall–Kier alpha value is -0.900. The summed E-state index contributed by atoms with van der Waals surface area (Å²) in [5, 5.41) is 3.95. The minimum absolute atomic E-state index is 0.405. The predicted molar refractivity (Wildman–Crippen MR) is 34.4 cm³/mol. The van der Waals surface area contributed by atoms with Gasteiger partial charge in [-0.25, -0.2) is 4.98 Å². The molecule has 1 unspecified atom stereocenters. The second kappa shape index (κ2) is 2.05. The summed E-state index contributed by atoms with van der Waals surface area (Å²) in [5.74, 6) is 1.00. The molecule has 1 aromatic heterocycles. The van der Waals surface area contributed by atoms with Crippen molar-refractivity contribution in [2.24, 2.45) is 7.05 Å². The molecule has 4 heteroatoms. The molecule has 0 spiro atoms. The Morgan fingerprint density at radius 1 is 1.90 bits per heavy atom. The zero-order valence-electron chi connectivity index (χ0n) is 5.82. The van der Waals surface area contributed by atoms with Crippen LogP contribution in [0.5, 0.6) is 0 Å². The van der Waals surface area contributed by atoms with Crippen LogP contribution in [0.2, 0.25) is 0 Å². The Bertz CT molecular complexity index is 229. The van der Waals surface area contributed by atoms with Gasteiger partial charge in [0.25, 0.3) is 0 Å². The number of rotatable bonds is 2. The Labute approximate surface area is 58.8 Å². The molecule has 1 atom stereocenters. The first-order valence-electron chi connectivity index (χ1n) is 3.31. The molecule has 54 valence electrons. The minimum atomic E-state index is 0.405. The van der Waals surface area contributed by atoms with Crippen molar-refractivity contribution in [2.45, 2.75) is 12.5 Å². The molecule has 1 aromatic rings. The highest BCUT2D eigenvalue weighted by Gasteiger charge is 2.24. The average molecular weight is 139 g/mol. The molecule has 2 rings (SSSR count). The minimum Gasteiger partial charge on any atom is -0.373 e. The van der Waals surface area contributed by atoms with Crippen molar-refractivity contribution in [1.82, 2.24) is 14.8 Å². The molecule has 0 aromatic carbocycles. The average Bonchev–Trinajstić information content (AvgIpc) is 2.62. The van der Waals surface area contributed by atoms with Crippen LogP contribution in [0.15, 0.2) is 6.33 Å². The highest BCUT2D eigenvalue weighted by atomic mass is 16.6. The van der Waals surface area contributed by atoms with E-state index in [2.05, 4.69) is 10.1 Å². The Kier molecular flexibility index (Phi) is 1.20. The molecule has 0 N–H and O–H groups in total. The SMILES string of the molecule is Cn1ncnc1CC1CO1. The predicted octanol–water partition coefficient (Wildman–Crippen LogP) is -0.244. The van der Waals surface area contributed by atoms with Crippen molar-refractivity contribution in [3.8, 4) is 0 Å². The van der Waals surface area contributed by atoms with Gasteiger partial charge in [-0.1, -0.05) is 0 Å². The molecule has 0 bridgehead atoms. The maximum absolute atomic E-state index is 5.06. The monoisotopic (exact) mass is 139 g/mol. The summed E-state index contributed by atoms with van der Waals surface area (Å²) >= 11 is 0. The van der Waals surface area contributed by atoms with Crippen LogP contribution >= 0.6 is 0 Å². The van der Waals surface area contributed by atoms with Crippen molar-refractivity contribution in [3.63, 3.8) is 0 Å². The zero-order chi connectivity index (χ0) is 6.97. The topological polar surface area (TPSA) is 43.2 Å². The lowest BCUT2D eigenvalue weighted by Gasteiger charge is -1.93. The van der Waals surface area contributed by atoms with Gasteiger partial charge >= 0.3 is 0 Å². The summed E-state index contributed by atoms with van der Waals surface area (Å²) in [6.07, 6.45) is 2.87. The third-order valence-corrected chi connectivity index (χ3v) is 1.62. The highest BCUT2D eigenvalue weighted by molar-refractivity contribution is 4.90. The van der Waals surface area contributed by atoms with Gasteiger partial charge in [0, 0.05) is 13.5 Å². The van der Waals surface area contributed by atoms with Gasteiger partial charge in [-0.15, -0.1) is 0 Å². The molecule has 1 aliphatic heterocycles. The van der Waals surface area contributed by atoms with Gasteiger partial charge in [0.15, 0.2) is 0 Å². The van der Waals surface area contributed by atoms with Gasteiger partial charge in [-0.3, -0.25) is 4.68 Å². The van der Waals surface area contributed by atoms with Gasteiger partial charge in [0.1, 0.15) is 12.2 Å². The lowest BCUT2D eigenvalue weighted by Crippen LogP contribution is -2.03. The number of epoxide rings is 1. The first kappa shape index (κ1) is 5.85. The van der Waals surface area contributed by atoms with Gasteiger partial charge in [-0.2, -0.15) is 5.10 Å². The summed E-state index contributed by atoms with van der Waals surface area (Å²) in [7, 11) is 1.89. The van der Waals surface area contributed by atoms with Crippen LogP contribution in [0.3, 0.4) is 0 Å². The van der Waals surface area contributed by atoms with E-state index in [9.17, 15) is 0 Å². The van der Waals surface area contributed by atoms with Gasteiger partial charge in [0.05, 0.1) is 12.7 Å². The molecule has 1 fully saturated rings. The van der Waals surface area contributed by atoms with Crippen molar-refractivity contribution in [3.05, 3.63) is 12.2 Å². The van der Waals surface area contributed by atoms with Crippen molar-refractivity contribution in [2.75, 3.05) is 6.61 Å². The molecule has 0 aliphatic carbocycles. The molecule has 0 radical (unpaired) electrons. The largest absolute Gasteiger partial charge is 0.373 e. The fourth-order valence-electron chi connectivity index (χ4n) is 0.894. The Morgan fingerprint density at radius 3 is 3.20 bits per heavy atom. The molecule has 1 saturated heterocycles. The van der Waals surface area contributed by atoms with Gasteiger partial charge < -0.3 is 4.74 Å². The van der Waals surface area contributed by atoms with Crippen LogP contribution in [0.1, 0.15) is 5.82 Å². The summed E-state index contributed by atoms with van der Waals surface area (Å²) < 4.78 is 6.84. The Balaban J connectivity index is 2.08. The van der Waals surface area contributed by atoms with E-state index in [0.29, 0.717) is 6.10 Å². The summed E-state index contributed by atoms with van der Waals surface area (Å²) in [6, 6.07) is 0.